The van der Waals surface area contributed by atoms with E-state index < -0.39 is 16.0 Å². The Labute approximate surface area is 128 Å². The van der Waals surface area contributed by atoms with Crippen molar-refractivity contribution < 1.29 is 22.7 Å². The van der Waals surface area contributed by atoms with Gasteiger partial charge in [-0.05, 0) is 39.4 Å². The van der Waals surface area contributed by atoms with E-state index in [2.05, 4.69) is 4.72 Å². The van der Waals surface area contributed by atoms with Crippen LogP contribution in [0.1, 0.15) is 41.1 Å². The normalized spacial score (nSPS) is 22.6. The molecule has 8 heteroatoms. The highest BCUT2D eigenvalue weighted by Crippen LogP contribution is 2.31. The van der Waals surface area contributed by atoms with Crippen LogP contribution in [0.25, 0.3) is 0 Å². The van der Waals surface area contributed by atoms with Gasteiger partial charge < -0.3 is 9.52 Å². The van der Waals surface area contributed by atoms with Crippen molar-refractivity contribution in [2.45, 2.75) is 49.3 Å². The molecule has 1 aliphatic carbocycles. The number of nitrogens with one attached hydrogen (secondary N) is 1. The Morgan fingerprint density at radius 3 is 2.52 bits per heavy atom. The molecule has 0 radical (unpaired) electrons. The van der Waals surface area contributed by atoms with Crippen molar-refractivity contribution >= 4 is 27.8 Å². The summed E-state index contributed by atoms with van der Waals surface area (Å²) in [4.78, 5) is 11.0. The van der Waals surface area contributed by atoms with Gasteiger partial charge in [0.25, 0.3) is 0 Å². The van der Waals surface area contributed by atoms with Gasteiger partial charge in [-0.3, -0.25) is 0 Å². The molecule has 0 aromatic carbocycles. The average Bonchev–Trinajstić information content (AvgIpc) is 2.92. The minimum atomic E-state index is -3.89. The van der Waals surface area contributed by atoms with Crippen molar-refractivity contribution in [1.29, 1.82) is 0 Å². The summed E-state index contributed by atoms with van der Waals surface area (Å²) in [5, 5.41) is 9.66. The molecule has 1 aromatic rings. The first-order valence-corrected chi connectivity index (χ1v) is 9.41. The summed E-state index contributed by atoms with van der Waals surface area (Å²) >= 11 is 1.73. The molecular formula is C13H19NO5S2. The van der Waals surface area contributed by atoms with E-state index in [1.54, 1.807) is 11.8 Å². The third-order valence-corrected chi connectivity index (χ3v) is 6.49. The van der Waals surface area contributed by atoms with Crippen LogP contribution in [0.4, 0.5) is 0 Å². The topological polar surface area (TPSA) is 96.6 Å². The van der Waals surface area contributed by atoms with Gasteiger partial charge in [0.05, 0.1) is 0 Å². The number of rotatable bonds is 5. The first-order chi connectivity index (χ1) is 9.76. The van der Waals surface area contributed by atoms with E-state index >= 15 is 0 Å². The fourth-order valence-corrected chi connectivity index (χ4v) is 5.26. The van der Waals surface area contributed by atoms with E-state index in [0.717, 1.165) is 19.3 Å². The van der Waals surface area contributed by atoms with Crippen LogP contribution in [0.3, 0.4) is 0 Å². The molecule has 6 nitrogen and oxygen atoms in total. The summed E-state index contributed by atoms with van der Waals surface area (Å²) in [6.07, 6.45) is 4.50. The van der Waals surface area contributed by atoms with E-state index in [4.69, 9.17) is 4.42 Å². The number of carboxylic acids is 1. The molecule has 0 aliphatic heterocycles. The number of furan rings is 1. The maximum absolute atomic E-state index is 12.5. The van der Waals surface area contributed by atoms with Crippen molar-refractivity contribution in [2.24, 2.45) is 0 Å². The Kier molecular flexibility index (Phi) is 4.69. The van der Waals surface area contributed by atoms with Crippen molar-refractivity contribution in [3.63, 3.8) is 0 Å². The number of hydrogen-bond acceptors (Lipinski definition) is 5. The van der Waals surface area contributed by atoms with E-state index in [1.165, 1.54) is 13.8 Å². The highest BCUT2D eigenvalue weighted by molar-refractivity contribution is 7.99. The molecule has 1 fully saturated rings. The molecule has 2 rings (SSSR count). The van der Waals surface area contributed by atoms with Crippen LogP contribution in [-0.2, 0) is 10.0 Å². The second kappa shape index (κ2) is 6.02. The Morgan fingerprint density at radius 1 is 1.33 bits per heavy atom. The summed E-state index contributed by atoms with van der Waals surface area (Å²) in [5.41, 5.74) is -0.278. The van der Waals surface area contributed by atoms with Crippen LogP contribution in [0.5, 0.6) is 0 Å². The largest absolute Gasteiger partial charge is 0.478 e. The van der Waals surface area contributed by atoms with Crippen LogP contribution in [0, 0.1) is 13.8 Å². The number of hydrogen-bond donors (Lipinski definition) is 2. The third-order valence-electron chi connectivity index (χ3n) is 3.73. The van der Waals surface area contributed by atoms with Gasteiger partial charge in [0, 0.05) is 11.3 Å². The van der Waals surface area contributed by atoms with Crippen LogP contribution in [-0.4, -0.2) is 37.0 Å². The quantitative estimate of drug-likeness (QED) is 0.857. The fraction of sp³-hybridized carbons (Fsp3) is 0.615. The van der Waals surface area contributed by atoms with Crippen LogP contribution < -0.4 is 4.72 Å². The zero-order valence-corrected chi connectivity index (χ0v) is 13.8. The van der Waals surface area contributed by atoms with Gasteiger partial charge in [-0.1, -0.05) is 0 Å². The van der Waals surface area contributed by atoms with Gasteiger partial charge in [0.2, 0.25) is 10.0 Å². The molecule has 1 heterocycles. The van der Waals surface area contributed by atoms with Gasteiger partial charge in [0.15, 0.2) is 0 Å². The number of carbonyl (C=O) groups is 1. The predicted octanol–water partition coefficient (Wildman–Crippen LogP) is 2.16. The maximum atomic E-state index is 12.5. The lowest BCUT2D eigenvalue weighted by molar-refractivity contribution is 0.0691. The average molecular weight is 333 g/mol. The van der Waals surface area contributed by atoms with Crippen molar-refractivity contribution in [2.75, 3.05) is 6.26 Å². The Hall–Kier alpha value is -0.990. The molecule has 2 unspecified atom stereocenters. The molecule has 1 aromatic heterocycles. The Balaban J connectivity index is 2.31. The molecule has 118 valence electrons. The monoisotopic (exact) mass is 333 g/mol. The summed E-state index contributed by atoms with van der Waals surface area (Å²) in [7, 11) is -3.89. The van der Waals surface area contributed by atoms with Gasteiger partial charge >= 0.3 is 5.97 Å². The second-order valence-corrected chi connectivity index (χ2v) is 8.00. The zero-order chi connectivity index (χ0) is 15.8. The van der Waals surface area contributed by atoms with Crippen molar-refractivity contribution in [3.05, 3.63) is 17.1 Å². The lowest BCUT2D eigenvalue weighted by Crippen LogP contribution is -2.34. The number of thioether (sulfide) groups is 1. The van der Waals surface area contributed by atoms with Gasteiger partial charge in [-0.15, -0.1) is 0 Å². The predicted molar refractivity (Wildman–Crippen MR) is 80.4 cm³/mol. The van der Waals surface area contributed by atoms with Gasteiger partial charge in [0.1, 0.15) is 22.0 Å². The summed E-state index contributed by atoms with van der Waals surface area (Å²) in [5.74, 6) is -1.08. The Morgan fingerprint density at radius 2 is 2.00 bits per heavy atom. The van der Waals surface area contributed by atoms with E-state index in [-0.39, 0.29) is 28.0 Å². The number of carboxylic acid groups (broad SMARTS) is 1. The summed E-state index contributed by atoms with van der Waals surface area (Å²) < 4.78 is 32.8. The highest BCUT2D eigenvalue weighted by Gasteiger charge is 2.34. The van der Waals surface area contributed by atoms with Crippen molar-refractivity contribution in [1.82, 2.24) is 4.72 Å². The van der Waals surface area contributed by atoms with E-state index in [9.17, 15) is 18.3 Å². The number of sulfonamides is 1. The summed E-state index contributed by atoms with van der Waals surface area (Å²) in [6.45, 7) is 2.92. The van der Waals surface area contributed by atoms with E-state index in [1.807, 2.05) is 6.26 Å². The number of aryl methyl sites for hydroxylation is 2. The van der Waals surface area contributed by atoms with E-state index in [0.29, 0.717) is 5.25 Å². The fourth-order valence-electron chi connectivity index (χ4n) is 2.77. The van der Waals surface area contributed by atoms with Crippen LogP contribution in [0.2, 0.25) is 0 Å². The first-order valence-electron chi connectivity index (χ1n) is 6.64. The molecule has 2 atom stereocenters. The molecule has 0 amide bonds. The zero-order valence-electron chi connectivity index (χ0n) is 12.2. The minimum Gasteiger partial charge on any atom is -0.478 e. The van der Waals surface area contributed by atoms with Crippen LogP contribution in [0.15, 0.2) is 9.31 Å². The molecular weight excluding hydrogens is 314 g/mol. The second-order valence-electron chi connectivity index (χ2n) is 5.21. The van der Waals surface area contributed by atoms with Crippen molar-refractivity contribution in [3.8, 4) is 0 Å². The Bertz CT molecular complexity index is 650. The first kappa shape index (κ1) is 16.4. The summed E-state index contributed by atoms with van der Waals surface area (Å²) in [6, 6.07) is -0.149. The lowest BCUT2D eigenvalue weighted by Gasteiger charge is -2.13. The number of aromatic carboxylic acids is 1. The lowest BCUT2D eigenvalue weighted by atomic mass is 10.2. The molecule has 0 saturated heterocycles. The highest BCUT2D eigenvalue weighted by atomic mass is 32.2. The third kappa shape index (κ3) is 3.27. The smallest absolute Gasteiger partial charge is 0.340 e. The molecule has 0 bridgehead atoms. The van der Waals surface area contributed by atoms with Gasteiger partial charge in [-0.2, -0.15) is 11.8 Å². The maximum Gasteiger partial charge on any atom is 0.340 e. The minimum absolute atomic E-state index is 0.105. The molecule has 21 heavy (non-hydrogen) atoms. The standard InChI is InChI=1S/C13H19NO5S2/c1-7-11(13(15)16)12(8(2)19-7)21(17,18)14-9-4-5-10(6-9)20-3/h9-10,14H,4-6H2,1-3H3,(H,15,16). The SMILES string of the molecule is CSC1CCC(NS(=O)(=O)c2c(C)oc(C)c2C(=O)O)C1. The molecule has 1 saturated carbocycles. The van der Waals surface area contributed by atoms with Gasteiger partial charge in [-0.25, -0.2) is 17.9 Å². The molecule has 0 spiro atoms. The van der Waals surface area contributed by atoms with Crippen LogP contribution >= 0.6 is 11.8 Å². The molecule has 2 N–H and O–H groups in total. The molecule has 1 aliphatic rings.